The van der Waals surface area contributed by atoms with Crippen LogP contribution in [-0.4, -0.2) is 22.0 Å². The molecule has 1 amide bonds. The lowest BCUT2D eigenvalue weighted by molar-refractivity contribution is -0.117. The van der Waals surface area contributed by atoms with E-state index in [4.69, 9.17) is 4.98 Å². The molecule has 0 unspecified atom stereocenters. The molecule has 0 bridgehead atoms. The fourth-order valence-electron chi connectivity index (χ4n) is 3.25. The molecule has 0 aliphatic heterocycles. The zero-order valence-corrected chi connectivity index (χ0v) is 17.8. The summed E-state index contributed by atoms with van der Waals surface area (Å²) in [4.78, 5) is 16.4. The van der Waals surface area contributed by atoms with E-state index in [1.165, 1.54) is 11.1 Å². The first-order valence-electron chi connectivity index (χ1n) is 9.67. The second-order valence-electron chi connectivity index (χ2n) is 7.08. The number of fused-ring (bicyclic) bond motifs is 1. The highest BCUT2D eigenvalue weighted by molar-refractivity contribution is 9.10. The van der Waals surface area contributed by atoms with Gasteiger partial charge in [-0.25, -0.2) is 4.98 Å². The Bertz CT molecular complexity index is 977. The summed E-state index contributed by atoms with van der Waals surface area (Å²) in [7, 11) is 0. The first-order chi connectivity index (χ1) is 13.5. The number of nitrogens with one attached hydrogen (secondary N) is 1. The van der Waals surface area contributed by atoms with Gasteiger partial charge in [-0.1, -0.05) is 53.2 Å². The third kappa shape index (κ3) is 5.32. The van der Waals surface area contributed by atoms with Gasteiger partial charge in [-0.05, 0) is 49.6 Å². The van der Waals surface area contributed by atoms with Gasteiger partial charge in [0.15, 0.2) is 0 Å². The Balaban J connectivity index is 1.64. The zero-order chi connectivity index (χ0) is 19.9. The number of imidazole rings is 1. The van der Waals surface area contributed by atoms with Crippen LogP contribution < -0.4 is 5.32 Å². The second-order valence-corrected chi connectivity index (χ2v) is 8.00. The number of unbranched alkanes of at least 4 members (excludes halogenated alkanes) is 2. The summed E-state index contributed by atoms with van der Waals surface area (Å²) >= 11 is 3.56. The molecule has 28 heavy (non-hydrogen) atoms. The molecule has 1 aromatic heterocycles. The van der Waals surface area contributed by atoms with Crippen LogP contribution in [0.2, 0.25) is 0 Å². The zero-order valence-electron chi connectivity index (χ0n) is 16.2. The second kappa shape index (κ2) is 9.69. The Morgan fingerprint density at radius 2 is 1.96 bits per heavy atom. The van der Waals surface area contributed by atoms with Crippen LogP contribution in [0.25, 0.3) is 11.0 Å². The van der Waals surface area contributed by atoms with Gasteiger partial charge in [0.2, 0.25) is 5.91 Å². The Kier molecular flexibility index (Phi) is 7.04. The Morgan fingerprint density at radius 1 is 1.14 bits per heavy atom. The van der Waals surface area contributed by atoms with E-state index in [1.807, 2.05) is 12.1 Å². The van der Waals surface area contributed by atoms with Gasteiger partial charge in [-0.15, -0.1) is 0 Å². The fourth-order valence-corrected chi connectivity index (χ4v) is 3.69. The predicted octanol–water partition coefficient (Wildman–Crippen LogP) is 5.25. The average molecular weight is 440 g/mol. The van der Waals surface area contributed by atoms with Crippen LogP contribution >= 0.6 is 15.9 Å². The summed E-state index contributed by atoms with van der Waals surface area (Å²) in [6.07, 6.45) is 3.99. The standard InChI is InChI=1S/C23H26BrN3O/c1-17(2)23(28)25-14-7-3-4-13-22-26-20-11-5-6-12-21(20)27(22)16-18-9-8-10-19(24)15-18/h5-6,8-12,15H,1,3-4,7,13-14,16H2,2H3,(H,25,28). The van der Waals surface area contributed by atoms with Crippen molar-refractivity contribution >= 4 is 32.9 Å². The SMILES string of the molecule is C=C(C)C(=O)NCCCCCc1nc2ccccc2n1Cc1cccc(Br)c1. The van der Waals surface area contributed by atoms with Crippen molar-refractivity contribution < 1.29 is 4.79 Å². The quantitative estimate of drug-likeness (QED) is 0.365. The van der Waals surface area contributed by atoms with Gasteiger partial charge in [-0.3, -0.25) is 4.79 Å². The summed E-state index contributed by atoms with van der Waals surface area (Å²) in [5.74, 6) is 1.06. The van der Waals surface area contributed by atoms with E-state index in [1.54, 1.807) is 6.92 Å². The molecular weight excluding hydrogens is 414 g/mol. The van der Waals surface area contributed by atoms with Gasteiger partial charge in [0, 0.05) is 29.6 Å². The first-order valence-corrected chi connectivity index (χ1v) is 10.5. The van der Waals surface area contributed by atoms with Gasteiger partial charge in [0.1, 0.15) is 5.82 Å². The molecule has 0 saturated carbocycles. The van der Waals surface area contributed by atoms with Crippen LogP contribution in [0, 0.1) is 0 Å². The summed E-state index contributed by atoms with van der Waals surface area (Å²) in [5, 5.41) is 2.89. The van der Waals surface area contributed by atoms with E-state index >= 15 is 0 Å². The number of benzene rings is 2. The summed E-state index contributed by atoms with van der Waals surface area (Å²) in [6.45, 7) is 6.89. The van der Waals surface area contributed by atoms with E-state index in [-0.39, 0.29) is 5.91 Å². The van der Waals surface area contributed by atoms with Gasteiger partial charge >= 0.3 is 0 Å². The number of nitrogens with zero attached hydrogens (tertiary/aromatic N) is 2. The van der Waals surface area contributed by atoms with Crippen molar-refractivity contribution in [2.24, 2.45) is 0 Å². The molecule has 4 nitrogen and oxygen atoms in total. The normalized spacial score (nSPS) is 10.9. The van der Waals surface area contributed by atoms with Crippen LogP contribution in [0.4, 0.5) is 0 Å². The van der Waals surface area contributed by atoms with Crippen molar-refractivity contribution in [2.75, 3.05) is 6.54 Å². The number of aromatic nitrogens is 2. The van der Waals surface area contributed by atoms with Crippen molar-refractivity contribution in [3.8, 4) is 0 Å². The monoisotopic (exact) mass is 439 g/mol. The highest BCUT2D eigenvalue weighted by Gasteiger charge is 2.11. The predicted molar refractivity (Wildman–Crippen MR) is 118 cm³/mol. The molecule has 3 rings (SSSR count). The summed E-state index contributed by atoms with van der Waals surface area (Å²) in [6, 6.07) is 16.7. The topological polar surface area (TPSA) is 46.9 Å². The van der Waals surface area contributed by atoms with E-state index < -0.39 is 0 Å². The van der Waals surface area contributed by atoms with Crippen LogP contribution in [0.15, 0.2) is 65.2 Å². The number of hydrogen-bond donors (Lipinski definition) is 1. The third-order valence-corrected chi connectivity index (χ3v) is 5.21. The molecule has 0 spiro atoms. The van der Waals surface area contributed by atoms with Crippen LogP contribution in [-0.2, 0) is 17.8 Å². The molecule has 5 heteroatoms. The molecule has 0 saturated heterocycles. The minimum atomic E-state index is -0.0594. The Hall–Kier alpha value is -2.40. The van der Waals surface area contributed by atoms with Crippen LogP contribution in [0.3, 0.4) is 0 Å². The number of rotatable bonds is 9. The van der Waals surface area contributed by atoms with E-state index in [0.717, 1.165) is 48.0 Å². The maximum absolute atomic E-state index is 11.5. The third-order valence-electron chi connectivity index (χ3n) is 4.71. The smallest absolute Gasteiger partial charge is 0.246 e. The van der Waals surface area contributed by atoms with Crippen molar-refractivity contribution in [3.05, 3.63) is 76.5 Å². The van der Waals surface area contributed by atoms with E-state index in [2.05, 4.69) is 68.8 Å². The van der Waals surface area contributed by atoms with Crippen molar-refractivity contribution in [1.29, 1.82) is 0 Å². The van der Waals surface area contributed by atoms with Gasteiger partial charge < -0.3 is 9.88 Å². The average Bonchev–Trinajstić information content (AvgIpc) is 3.02. The number of amides is 1. The van der Waals surface area contributed by atoms with Gasteiger partial charge in [0.05, 0.1) is 11.0 Å². The van der Waals surface area contributed by atoms with Gasteiger partial charge in [-0.2, -0.15) is 0 Å². The van der Waals surface area contributed by atoms with Crippen molar-refractivity contribution in [2.45, 2.75) is 39.2 Å². The summed E-state index contributed by atoms with van der Waals surface area (Å²) in [5.41, 5.74) is 4.02. The Labute approximate surface area is 174 Å². The molecular formula is C23H26BrN3O. The summed E-state index contributed by atoms with van der Waals surface area (Å²) < 4.78 is 3.41. The highest BCUT2D eigenvalue weighted by atomic mass is 79.9. The number of halogens is 1. The van der Waals surface area contributed by atoms with Crippen LogP contribution in [0.1, 0.15) is 37.6 Å². The number of carbonyl (C=O) groups excluding carboxylic acids is 1. The van der Waals surface area contributed by atoms with Crippen molar-refractivity contribution in [1.82, 2.24) is 14.9 Å². The molecule has 0 aliphatic carbocycles. The van der Waals surface area contributed by atoms with Crippen molar-refractivity contribution in [3.63, 3.8) is 0 Å². The lowest BCUT2D eigenvalue weighted by Crippen LogP contribution is -2.24. The van der Waals surface area contributed by atoms with E-state index in [0.29, 0.717) is 12.1 Å². The maximum atomic E-state index is 11.5. The largest absolute Gasteiger partial charge is 0.352 e. The minimum absolute atomic E-state index is 0.0594. The molecule has 146 valence electrons. The highest BCUT2D eigenvalue weighted by Crippen LogP contribution is 2.21. The molecule has 0 atom stereocenters. The van der Waals surface area contributed by atoms with Gasteiger partial charge in [0.25, 0.3) is 0 Å². The Morgan fingerprint density at radius 3 is 2.75 bits per heavy atom. The molecule has 0 radical (unpaired) electrons. The van der Waals surface area contributed by atoms with E-state index in [9.17, 15) is 4.79 Å². The molecule has 2 aromatic carbocycles. The molecule has 3 aromatic rings. The number of aryl methyl sites for hydroxylation is 1. The molecule has 0 aliphatic rings. The lowest BCUT2D eigenvalue weighted by atomic mass is 10.1. The number of carbonyl (C=O) groups is 1. The number of hydrogen-bond acceptors (Lipinski definition) is 2. The molecule has 1 N–H and O–H groups in total. The fraction of sp³-hybridized carbons (Fsp3) is 0.304. The molecule has 0 fully saturated rings. The number of para-hydroxylation sites is 2. The lowest BCUT2D eigenvalue weighted by Gasteiger charge is -2.10. The first kappa shape index (κ1) is 20.3. The maximum Gasteiger partial charge on any atom is 0.246 e. The van der Waals surface area contributed by atoms with Crippen LogP contribution in [0.5, 0.6) is 0 Å². The minimum Gasteiger partial charge on any atom is -0.352 e. The molecule has 1 heterocycles.